The van der Waals surface area contributed by atoms with Crippen molar-refractivity contribution in [1.29, 1.82) is 0 Å². The molecule has 3 aromatic rings. The molecule has 180 valence electrons. The van der Waals surface area contributed by atoms with Gasteiger partial charge in [-0.3, -0.25) is 9.59 Å². The van der Waals surface area contributed by atoms with Gasteiger partial charge in [0.05, 0.1) is 25.3 Å². The minimum absolute atomic E-state index is 0.109. The molecule has 2 saturated heterocycles. The molecule has 1 aliphatic carbocycles. The van der Waals surface area contributed by atoms with Crippen LogP contribution in [0.1, 0.15) is 52.5 Å². The molecule has 0 saturated carbocycles. The Morgan fingerprint density at radius 2 is 2.11 bits per heavy atom. The summed E-state index contributed by atoms with van der Waals surface area (Å²) in [4.78, 5) is 37.9. The third-order valence-electron chi connectivity index (χ3n) is 7.19. The number of amides is 2. The van der Waals surface area contributed by atoms with E-state index in [0.717, 1.165) is 61.3 Å². The number of carbonyl (C=O) groups is 2. The molecule has 35 heavy (non-hydrogen) atoms. The molecule has 0 spiro atoms. The second kappa shape index (κ2) is 8.64. The highest BCUT2D eigenvalue weighted by atomic mass is 16.2. The van der Waals surface area contributed by atoms with Gasteiger partial charge in [-0.15, -0.1) is 5.10 Å². The fourth-order valence-corrected chi connectivity index (χ4v) is 5.41. The average Bonchev–Trinajstić information content (AvgIpc) is 3.60. The number of carbonyl (C=O) groups excluding carboxylic acids is 2. The summed E-state index contributed by atoms with van der Waals surface area (Å²) in [5.41, 5.74) is 9.17. The van der Waals surface area contributed by atoms with Crippen molar-refractivity contribution in [2.45, 2.75) is 44.3 Å². The lowest BCUT2D eigenvalue weighted by atomic mass is 10.1. The highest BCUT2D eigenvalue weighted by molar-refractivity contribution is 5.92. The molecule has 0 aromatic carbocycles. The van der Waals surface area contributed by atoms with Crippen LogP contribution >= 0.6 is 0 Å². The largest absolute Gasteiger partial charge is 0.383 e. The maximum absolute atomic E-state index is 12.8. The zero-order valence-corrected chi connectivity index (χ0v) is 19.3. The zero-order chi connectivity index (χ0) is 23.9. The normalized spacial score (nSPS) is 21.2. The number of piperazine rings is 1. The summed E-state index contributed by atoms with van der Waals surface area (Å²) in [5.74, 6) is 1.24. The van der Waals surface area contributed by atoms with Crippen molar-refractivity contribution in [2.75, 3.05) is 30.3 Å². The van der Waals surface area contributed by atoms with E-state index in [1.807, 2.05) is 23.1 Å². The monoisotopic (exact) mass is 473 g/mol. The van der Waals surface area contributed by atoms with Gasteiger partial charge in [0.1, 0.15) is 11.6 Å². The molecule has 2 atom stereocenters. The Bertz CT molecular complexity index is 1270. The SMILES string of the molecule is Nc1nccc2c1CC[C@H]2NC(=O)c1cn(Cc2ccc(N3CC(=O)N4CCCC4C3)nc2)nn1. The van der Waals surface area contributed by atoms with E-state index < -0.39 is 0 Å². The summed E-state index contributed by atoms with van der Waals surface area (Å²) in [6, 6.07) is 6.01. The van der Waals surface area contributed by atoms with Crippen molar-refractivity contribution in [2.24, 2.45) is 0 Å². The van der Waals surface area contributed by atoms with E-state index in [4.69, 9.17) is 5.73 Å². The lowest BCUT2D eigenvalue weighted by molar-refractivity contribution is -0.131. The Labute approximate surface area is 202 Å². The van der Waals surface area contributed by atoms with Gasteiger partial charge in [-0.2, -0.15) is 0 Å². The molecule has 3 N–H and O–H groups in total. The minimum atomic E-state index is -0.270. The summed E-state index contributed by atoms with van der Waals surface area (Å²) in [6.45, 7) is 2.52. The Morgan fingerprint density at radius 3 is 2.97 bits per heavy atom. The van der Waals surface area contributed by atoms with E-state index >= 15 is 0 Å². The number of nitrogen functional groups attached to an aromatic ring is 1. The third-order valence-corrected chi connectivity index (χ3v) is 7.19. The van der Waals surface area contributed by atoms with Crippen LogP contribution in [-0.2, 0) is 17.8 Å². The molecule has 6 rings (SSSR count). The first-order valence-corrected chi connectivity index (χ1v) is 12.0. The fraction of sp³-hybridized carbons (Fsp3) is 0.417. The molecule has 2 fully saturated rings. The van der Waals surface area contributed by atoms with Crippen molar-refractivity contribution in [3.8, 4) is 0 Å². The Hall–Kier alpha value is -4.02. The molecule has 0 radical (unpaired) electrons. The van der Waals surface area contributed by atoms with Gasteiger partial charge in [-0.25, -0.2) is 14.6 Å². The van der Waals surface area contributed by atoms with Crippen molar-refractivity contribution < 1.29 is 9.59 Å². The second-order valence-electron chi connectivity index (χ2n) is 9.42. The first-order valence-electron chi connectivity index (χ1n) is 12.0. The molecule has 3 aliphatic rings. The standard InChI is InChI=1S/C24H27N9O2/c25-23-18-4-5-19(17(18)7-8-26-23)28-24(35)20-13-32(30-29-20)11-15-3-6-21(27-10-15)31-12-16-2-1-9-33(16)22(34)14-31/h3,6-8,10,13,16,19H,1-2,4-5,9,11-12,14H2,(H2,25,26)(H,28,35)/t16?,19-/m1/s1. The van der Waals surface area contributed by atoms with Crippen LogP contribution in [-0.4, -0.2) is 67.4 Å². The number of nitrogens with two attached hydrogens (primary N) is 1. The topological polar surface area (TPSA) is 135 Å². The summed E-state index contributed by atoms with van der Waals surface area (Å²) < 4.78 is 1.62. The summed E-state index contributed by atoms with van der Waals surface area (Å²) >= 11 is 0. The van der Waals surface area contributed by atoms with E-state index in [-0.39, 0.29) is 23.6 Å². The van der Waals surface area contributed by atoms with E-state index in [1.54, 1.807) is 23.3 Å². The van der Waals surface area contributed by atoms with Crippen molar-refractivity contribution >= 4 is 23.5 Å². The van der Waals surface area contributed by atoms with Crippen LogP contribution in [0.15, 0.2) is 36.8 Å². The Kier molecular flexibility index (Phi) is 5.31. The van der Waals surface area contributed by atoms with Crippen LogP contribution in [0.5, 0.6) is 0 Å². The number of fused-ring (bicyclic) bond motifs is 2. The molecule has 1 unspecified atom stereocenters. The van der Waals surface area contributed by atoms with Gasteiger partial charge in [0.2, 0.25) is 5.91 Å². The number of hydrogen-bond acceptors (Lipinski definition) is 8. The van der Waals surface area contributed by atoms with Gasteiger partial charge < -0.3 is 20.9 Å². The average molecular weight is 474 g/mol. The zero-order valence-electron chi connectivity index (χ0n) is 19.3. The van der Waals surface area contributed by atoms with Crippen molar-refractivity contribution in [1.82, 2.24) is 35.2 Å². The van der Waals surface area contributed by atoms with Crippen LogP contribution in [0.25, 0.3) is 0 Å². The van der Waals surface area contributed by atoms with E-state index in [0.29, 0.717) is 24.9 Å². The van der Waals surface area contributed by atoms with E-state index in [2.05, 4.69) is 30.5 Å². The molecule has 3 aromatic heterocycles. The highest BCUT2D eigenvalue weighted by Crippen LogP contribution is 2.33. The van der Waals surface area contributed by atoms with Crippen molar-refractivity contribution in [3.05, 3.63) is 59.2 Å². The quantitative estimate of drug-likeness (QED) is 0.559. The fourth-order valence-electron chi connectivity index (χ4n) is 5.41. The predicted molar refractivity (Wildman–Crippen MR) is 127 cm³/mol. The lowest BCUT2D eigenvalue weighted by Crippen LogP contribution is -2.54. The van der Waals surface area contributed by atoms with Gasteiger partial charge in [-0.05, 0) is 54.5 Å². The molecule has 11 heteroatoms. The number of rotatable bonds is 5. The van der Waals surface area contributed by atoms with Gasteiger partial charge in [0.15, 0.2) is 5.69 Å². The second-order valence-corrected chi connectivity index (χ2v) is 9.42. The Morgan fingerprint density at radius 1 is 1.20 bits per heavy atom. The van der Waals surface area contributed by atoms with Crippen LogP contribution in [0.4, 0.5) is 11.6 Å². The number of pyridine rings is 2. The van der Waals surface area contributed by atoms with Crippen LogP contribution < -0.4 is 16.0 Å². The number of aromatic nitrogens is 5. The highest BCUT2D eigenvalue weighted by Gasteiger charge is 2.36. The van der Waals surface area contributed by atoms with Crippen LogP contribution in [0.3, 0.4) is 0 Å². The Balaban J connectivity index is 1.08. The van der Waals surface area contributed by atoms with Gasteiger partial charge in [0, 0.05) is 31.5 Å². The maximum Gasteiger partial charge on any atom is 0.273 e. The van der Waals surface area contributed by atoms with Gasteiger partial charge >= 0.3 is 0 Å². The van der Waals surface area contributed by atoms with E-state index in [1.165, 1.54) is 0 Å². The smallest absolute Gasteiger partial charge is 0.273 e. The molecule has 5 heterocycles. The van der Waals surface area contributed by atoms with Crippen LogP contribution in [0, 0.1) is 0 Å². The summed E-state index contributed by atoms with van der Waals surface area (Å²) in [5, 5.41) is 11.2. The summed E-state index contributed by atoms with van der Waals surface area (Å²) in [6.07, 6.45) is 8.80. The van der Waals surface area contributed by atoms with Crippen LogP contribution in [0.2, 0.25) is 0 Å². The number of anilines is 2. The third kappa shape index (κ3) is 4.07. The van der Waals surface area contributed by atoms with Gasteiger partial charge in [-0.1, -0.05) is 11.3 Å². The number of nitrogens with one attached hydrogen (secondary N) is 1. The number of nitrogens with zero attached hydrogens (tertiary/aromatic N) is 7. The maximum atomic E-state index is 12.8. The molecule has 2 aliphatic heterocycles. The first-order chi connectivity index (χ1) is 17.0. The minimum Gasteiger partial charge on any atom is -0.383 e. The molecule has 11 nitrogen and oxygen atoms in total. The molecule has 0 bridgehead atoms. The molecular weight excluding hydrogens is 446 g/mol. The predicted octanol–water partition coefficient (Wildman–Crippen LogP) is 0.927. The van der Waals surface area contributed by atoms with Gasteiger partial charge in [0.25, 0.3) is 5.91 Å². The number of hydrogen-bond donors (Lipinski definition) is 2. The molecular formula is C24H27N9O2. The first kappa shape index (κ1) is 21.5. The summed E-state index contributed by atoms with van der Waals surface area (Å²) in [7, 11) is 0. The molecule has 2 amide bonds. The van der Waals surface area contributed by atoms with Crippen molar-refractivity contribution in [3.63, 3.8) is 0 Å². The van der Waals surface area contributed by atoms with E-state index in [9.17, 15) is 9.59 Å². The lowest BCUT2D eigenvalue weighted by Gasteiger charge is -2.37.